The zero-order chi connectivity index (χ0) is 5.98. The summed E-state index contributed by atoms with van der Waals surface area (Å²) < 4.78 is 2.19. The van der Waals surface area contributed by atoms with E-state index in [9.17, 15) is 0 Å². The molecule has 3 heteroatoms. The van der Waals surface area contributed by atoms with Crippen LogP contribution in [0.15, 0.2) is 18.7 Å². The smallest absolute Gasteiger partial charge is 0.413 e. The lowest BCUT2D eigenvalue weighted by Crippen LogP contribution is -2.12. The molecule has 1 aromatic rings. The quantitative estimate of drug-likeness (QED) is 0.510. The van der Waals surface area contributed by atoms with Gasteiger partial charge in [-0.2, -0.15) is 0 Å². The Balaban J connectivity index is 2.77. The molecular formula is C5H9AlN2. The van der Waals surface area contributed by atoms with Gasteiger partial charge in [-0.3, -0.25) is 0 Å². The van der Waals surface area contributed by atoms with Gasteiger partial charge in [-0.25, -0.2) is 4.98 Å². The van der Waals surface area contributed by atoms with Gasteiger partial charge in [0.15, 0.2) is 0 Å². The molecule has 0 amide bonds. The van der Waals surface area contributed by atoms with E-state index in [1.807, 2.05) is 18.7 Å². The number of hydrogen-bond acceptors (Lipinski definition) is 1. The first kappa shape index (κ1) is 5.87. The summed E-state index contributed by atoms with van der Waals surface area (Å²) >= 11 is -0.626. The molecule has 8 heavy (non-hydrogen) atoms. The molecule has 2 nitrogen and oxygen atoms in total. The highest BCUT2D eigenvalue weighted by Crippen LogP contribution is 1.87. The van der Waals surface area contributed by atoms with E-state index in [2.05, 4.69) is 20.1 Å². The molecule has 0 atom stereocenters. The molecule has 0 fully saturated rings. The van der Waals surface area contributed by atoms with Crippen LogP contribution in [0, 0.1) is 0 Å². The Hall–Kier alpha value is -0.258. The van der Waals surface area contributed by atoms with Crippen LogP contribution in [-0.4, -0.2) is 22.9 Å². The number of nitrogens with zero attached hydrogens (tertiary/aromatic N) is 2. The minimum atomic E-state index is -0.626. The van der Waals surface area contributed by atoms with Gasteiger partial charge in [0.25, 0.3) is 0 Å². The first-order valence-electron chi connectivity index (χ1n) is 2.78. The second kappa shape index (κ2) is 2.34. The van der Waals surface area contributed by atoms with Crippen LogP contribution in [0.5, 0.6) is 0 Å². The Bertz CT molecular complexity index is 145. The van der Waals surface area contributed by atoms with Crippen molar-refractivity contribution in [1.82, 2.24) is 8.53 Å². The fourth-order valence-corrected chi connectivity index (χ4v) is 1.34. The first-order valence-corrected chi connectivity index (χ1v) is 5.60. The zero-order valence-electron chi connectivity index (χ0n) is 5.20. The highest BCUT2D eigenvalue weighted by Gasteiger charge is 2.02. The predicted molar refractivity (Wildman–Crippen MR) is 35.1 cm³/mol. The molecule has 1 aromatic heterocycles. The second-order valence-electron chi connectivity index (χ2n) is 2.10. The number of aromatic nitrogens is 2. The van der Waals surface area contributed by atoms with E-state index in [0.29, 0.717) is 0 Å². The van der Waals surface area contributed by atoms with Crippen LogP contribution >= 0.6 is 0 Å². The predicted octanol–water partition coefficient (Wildman–Crippen LogP) is 0.982. The number of imidazole rings is 1. The van der Waals surface area contributed by atoms with E-state index in [4.69, 9.17) is 0 Å². The van der Waals surface area contributed by atoms with Crippen molar-refractivity contribution >= 4 is 14.4 Å². The van der Waals surface area contributed by atoms with Crippen LogP contribution in [0.3, 0.4) is 0 Å². The normalized spacial score (nSPS) is 9.25. The minimum Gasteiger partial charge on any atom is -0.430 e. The summed E-state index contributed by atoms with van der Waals surface area (Å²) in [7, 11) is 0. The van der Waals surface area contributed by atoms with Gasteiger partial charge in [-0.1, -0.05) is 11.6 Å². The van der Waals surface area contributed by atoms with Crippen LogP contribution in [0.25, 0.3) is 0 Å². The van der Waals surface area contributed by atoms with E-state index in [1.165, 1.54) is 0 Å². The summed E-state index contributed by atoms with van der Waals surface area (Å²) in [4.78, 5) is 3.94. The Morgan fingerprint density at radius 1 is 1.50 bits per heavy atom. The van der Waals surface area contributed by atoms with Crippen LogP contribution in [0.4, 0.5) is 0 Å². The molecule has 0 aliphatic rings. The van der Waals surface area contributed by atoms with Gasteiger partial charge in [-0.15, -0.1) is 0 Å². The van der Waals surface area contributed by atoms with Gasteiger partial charge >= 0.3 is 14.4 Å². The molecule has 0 unspecified atom stereocenters. The van der Waals surface area contributed by atoms with Crippen molar-refractivity contribution in [3.8, 4) is 0 Å². The van der Waals surface area contributed by atoms with Gasteiger partial charge in [0.2, 0.25) is 0 Å². The molecule has 42 valence electrons. The fourth-order valence-electron chi connectivity index (χ4n) is 0.575. The molecule has 0 aliphatic carbocycles. The van der Waals surface area contributed by atoms with Crippen molar-refractivity contribution in [2.45, 2.75) is 11.6 Å². The van der Waals surface area contributed by atoms with Gasteiger partial charge in [-0.05, 0) is 6.20 Å². The fraction of sp³-hybridized carbons (Fsp3) is 0.400. The molecule has 0 aliphatic heterocycles. The highest BCUT2D eigenvalue weighted by molar-refractivity contribution is 6.53. The lowest BCUT2D eigenvalue weighted by Gasteiger charge is -1.96. The Kier molecular flexibility index (Phi) is 1.72. The summed E-state index contributed by atoms with van der Waals surface area (Å²) in [5.41, 5.74) is 0. The van der Waals surface area contributed by atoms with Crippen LogP contribution in [0.2, 0.25) is 11.6 Å². The third-order valence-electron chi connectivity index (χ3n) is 1.12. The summed E-state index contributed by atoms with van der Waals surface area (Å²) in [6, 6.07) is 0. The van der Waals surface area contributed by atoms with Crippen LogP contribution < -0.4 is 0 Å². The topological polar surface area (TPSA) is 17.8 Å². The Morgan fingerprint density at radius 3 is 2.50 bits per heavy atom. The SMILES string of the molecule is [CH3][Al]([CH3])[n]1ccnc1. The minimum absolute atomic E-state index is 0.626. The average molecular weight is 124 g/mol. The van der Waals surface area contributed by atoms with Gasteiger partial charge in [0.1, 0.15) is 0 Å². The maximum atomic E-state index is 3.94. The zero-order valence-corrected chi connectivity index (χ0v) is 6.36. The van der Waals surface area contributed by atoms with E-state index in [1.54, 1.807) is 0 Å². The van der Waals surface area contributed by atoms with E-state index in [0.717, 1.165) is 0 Å². The standard InChI is InChI=1S/C3H3N2.2CH3.Al/c1-2-5-3-4-1;;;/h1-3H;2*1H3;/q-1;;;+1. The summed E-state index contributed by atoms with van der Waals surface area (Å²) in [6.45, 7) is 0. The number of rotatable bonds is 1. The molecule has 0 N–H and O–H groups in total. The maximum absolute atomic E-state index is 3.94. The van der Waals surface area contributed by atoms with Gasteiger partial charge in [0.05, 0.1) is 6.33 Å². The largest absolute Gasteiger partial charge is 0.430 e. The third kappa shape index (κ3) is 1.12. The monoisotopic (exact) mass is 124 g/mol. The van der Waals surface area contributed by atoms with Crippen molar-refractivity contribution in [2.75, 3.05) is 0 Å². The maximum Gasteiger partial charge on any atom is 0.413 e. The van der Waals surface area contributed by atoms with Gasteiger partial charge < -0.3 is 3.55 Å². The average Bonchev–Trinajstić information content (AvgIpc) is 2.12. The second-order valence-corrected chi connectivity index (χ2v) is 4.89. The lowest BCUT2D eigenvalue weighted by molar-refractivity contribution is 1.16. The molecule has 0 bridgehead atoms. The Morgan fingerprint density at radius 2 is 2.25 bits per heavy atom. The van der Waals surface area contributed by atoms with Crippen molar-refractivity contribution < 1.29 is 0 Å². The molecule has 0 radical (unpaired) electrons. The first-order chi connectivity index (χ1) is 3.80. The van der Waals surface area contributed by atoms with Crippen molar-refractivity contribution in [2.24, 2.45) is 0 Å². The Labute approximate surface area is 53.8 Å². The molecule has 0 saturated heterocycles. The molecular weight excluding hydrogens is 115 g/mol. The number of hydrogen-bond donors (Lipinski definition) is 0. The third-order valence-corrected chi connectivity index (χ3v) is 2.62. The van der Waals surface area contributed by atoms with E-state index >= 15 is 0 Å². The van der Waals surface area contributed by atoms with Crippen molar-refractivity contribution in [1.29, 1.82) is 0 Å². The highest BCUT2D eigenvalue weighted by atomic mass is 27.2. The molecule has 1 rings (SSSR count). The van der Waals surface area contributed by atoms with Crippen molar-refractivity contribution in [3.63, 3.8) is 0 Å². The summed E-state index contributed by atoms with van der Waals surface area (Å²) in [5.74, 6) is 4.53. The van der Waals surface area contributed by atoms with Gasteiger partial charge in [0, 0.05) is 6.20 Å². The van der Waals surface area contributed by atoms with Crippen LogP contribution in [-0.2, 0) is 0 Å². The van der Waals surface area contributed by atoms with Crippen molar-refractivity contribution in [3.05, 3.63) is 18.7 Å². The summed E-state index contributed by atoms with van der Waals surface area (Å²) in [6.07, 6.45) is 5.74. The summed E-state index contributed by atoms with van der Waals surface area (Å²) in [5, 5.41) is 0. The van der Waals surface area contributed by atoms with E-state index < -0.39 is 14.4 Å². The molecule has 0 aromatic carbocycles. The van der Waals surface area contributed by atoms with E-state index in [-0.39, 0.29) is 0 Å². The molecule has 0 spiro atoms. The van der Waals surface area contributed by atoms with Crippen LogP contribution in [0.1, 0.15) is 0 Å². The molecule has 1 heterocycles. The molecule has 0 saturated carbocycles. The lowest BCUT2D eigenvalue weighted by atomic mass is 11.0.